The molecule has 0 aliphatic heterocycles. The predicted octanol–water partition coefficient (Wildman–Crippen LogP) is 2.52. The molecule has 0 saturated heterocycles. The lowest BCUT2D eigenvalue weighted by Gasteiger charge is -2.23. The van der Waals surface area contributed by atoms with Crippen LogP contribution in [0.4, 0.5) is 0 Å². The molecule has 0 atom stereocenters. The standard InChI is InChI=1S/C33H30N4O3/c1-4-25-7-13-28(14-8-25)31(38)34-19-22-37(23-20-35-32(39)29-15-9-26(5-2)10-16-29)24-21-36-33(40)30-17-11-27(6-3)12-18-30/h1-3,7-18H,19-24H2,(H,34,38)(H,35,39)(H,36,40). The van der Waals surface area contributed by atoms with Gasteiger partial charge in [-0.2, -0.15) is 0 Å². The molecule has 3 rings (SSSR count). The third-order valence-electron chi connectivity index (χ3n) is 6.08. The van der Waals surface area contributed by atoms with Gasteiger partial charge in [-0.1, -0.05) is 17.8 Å². The minimum atomic E-state index is -0.212. The van der Waals surface area contributed by atoms with Crippen molar-refractivity contribution in [1.29, 1.82) is 0 Å². The number of hydrogen-bond acceptors (Lipinski definition) is 4. The maximum atomic E-state index is 12.5. The van der Waals surface area contributed by atoms with Gasteiger partial charge in [-0.3, -0.25) is 19.3 Å². The second-order valence-electron chi connectivity index (χ2n) is 8.77. The smallest absolute Gasteiger partial charge is 0.251 e. The summed E-state index contributed by atoms with van der Waals surface area (Å²) in [5.74, 6) is 6.93. The average molecular weight is 531 g/mol. The summed E-state index contributed by atoms with van der Waals surface area (Å²) in [6.07, 6.45) is 16.1. The first kappa shape index (κ1) is 29.3. The van der Waals surface area contributed by atoms with Gasteiger partial charge in [0, 0.05) is 72.6 Å². The molecule has 3 aromatic rings. The molecule has 0 fully saturated rings. The third-order valence-corrected chi connectivity index (χ3v) is 6.08. The van der Waals surface area contributed by atoms with Crippen molar-refractivity contribution in [1.82, 2.24) is 20.9 Å². The summed E-state index contributed by atoms with van der Waals surface area (Å²) in [7, 11) is 0. The second kappa shape index (κ2) is 15.2. The van der Waals surface area contributed by atoms with E-state index in [2.05, 4.69) is 33.7 Å². The summed E-state index contributed by atoms with van der Waals surface area (Å²) >= 11 is 0. The van der Waals surface area contributed by atoms with Crippen LogP contribution in [0.5, 0.6) is 0 Å². The van der Waals surface area contributed by atoms with E-state index >= 15 is 0 Å². The van der Waals surface area contributed by atoms with E-state index in [1.807, 2.05) is 4.90 Å². The summed E-state index contributed by atoms with van der Waals surface area (Å²) in [4.78, 5) is 39.6. The van der Waals surface area contributed by atoms with Gasteiger partial charge in [0.25, 0.3) is 17.7 Å². The molecule has 40 heavy (non-hydrogen) atoms. The molecule has 3 aromatic carbocycles. The highest BCUT2D eigenvalue weighted by molar-refractivity contribution is 5.95. The fraction of sp³-hybridized carbons (Fsp3) is 0.182. The van der Waals surface area contributed by atoms with Gasteiger partial charge >= 0.3 is 0 Å². The first-order valence-electron chi connectivity index (χ1n) is 12.7. The molecule has 0 bridgehead atoms. The van der Waals surface area contributed by atoms with Crippen LogP contribution in [0.25, 0.3) is 0 Å². The largest absolute Gasteiger partial charge is 0.351 e. The van der Waals surface area contributed by atoms with Crippen LogP contribution in [0.2, 0.25) is 0 Å². The molecule has 200 valence electrons. The Morgan fingerprint density at radius 3 is 0.975 bits per heavy atom. The van der Waals surface area contributed by atoms with Crippen LogP contribution < -0.4 is 16.0 Å². The van der Waals surface area contributed by atoms with Gasteiger partial charge < -0.3 is 16.0 Å². The van der Waals surface area contributed by atoms with Crippen molar-refractivity contribution in [2.75, 3.05) is 39.3 Å². The molecule has 7 nitrogen and oxygen atoms in total. The van der Waals surface area contributed by atoms with E-state index in [9.17, 15) is 14.4 Å². The fourth-order valence-electron chi connectivity index (χ4n) is 3.78. The number of rotatable bonds is 12. The molecule has 0 spiro atoms. The Labute approximate surface area is 235 Å². The lowest BCUT2D eigenvalue weighted by Crippen LogP contribution is -2.43. The van der Waals surface area contributed by atoms with Gasteiger partial charge in [-0.15, -0.1) is 19.3 Å². The molecule has 3 N–H and O–H groups in total. The zero-order chi connectivity index (χ0) is 28.7. The van der Waals surface area contributed by atoms with Crippen LogP contribution in [-0.2, 0) is 0 Å². The van der Waals surface area contributed by atoms with Gasteiger partial charge in [0.1, 0.15) is 0 Å². The van der Waals surface area contributed by atoms with Crippen LogP contribution in [0.1, 0.15) is 47.8 Å². The molecule has 0 aliphatic rings. The van der Waals surface area contributed by atoms with Crippen molar-refractivity contribution in [2.24, 2.45) is 0 Å². The lowest BCUT2D eigenvalue weighted by molar-refractivity contribution is 0.0948. The molecular formula is C33H30N4O3. The van der Waals surface area contributed by atoms with Crippen LogP contribution in [0, 0.1) is 37.0 Å². The van der Waals surface area contributed by atoms with Gasteiger partial charge in [-0.25, -0.2) is 0 Å². The number of nitrogens with zero attached hydrogens (tertiary/aromatic N) is 1. The molecule has 0 radical (unpaired) electrons. The first-order chi connectivity index (χ1) is 19.4. The molecule has 0 aliphatic carbocycles. The van der Waals surface area contributed by atoms with Gasteiger partial charge in [0.05, 0.1) is 0 Å². The number of carbonyl (C=O) groups excluding carboxylic acids is 3. The van der Waals surface area contributed by atoms with E-state index in [1.165, 1.54) is 0 Å². The Morgan fingerprint density at radius 1 is 0.500 bits per heavy atom. The summed E-state index contributed by atoms with van der Waals surface area (Å²) in [6.45, 7) is 2.64. The summed E-state index contributed by atoms with van der Waals surface area (Å²) in [6, 6.07) is 20.4. The van der Waals surface area contributed by atoms with Crippen molar-refractivity contribution in [3.8, 4) is 37.0 Å². The number of nitrogens with one attached hydrogen (secondary N) is 3. The van der Waals surface area contributed by atoms with Crippen LogP contribution in [-0.4, -0.2) is 61.9 Å². The summed E-state index contributed by atoms with van der Waals surface area (Å²) in [5, 5.41) is 8.70. The topological polar surface area (TPSA) is 90.5 Å². The first-order valence-corrected chi connectivity index (χ1v) is 12.7. The highest BCUT2D eigenvalue weighted by atomic mass is 16.2. The van der Waals surface area contributed by atoms with Crippen LogP contribution >= 0.6 is 0 Å². The molecule has 7 heteroatoms. The summed E-state index contributed by atoms with van der Waals surface area (Å²) < 4.78 is 0. The van der Waals surface area contributed by atoms with Gasteiger partial charge in [-0.05, 0) is 72.8 Å². The van der Waals surface area contributed by atoms with E-state index in [-0.39, 0.29) is 17.7 Å². The maximum Gasteiger partial charge on any atom is 0.251 e. The minimum absolute atomic E-state index is 0.212. The van der Waals surface area contributed by atoms with E-state index in [0.717, 1.165) is 0 Å². The average Bonchev–Trinajstić information content (AvgIpc) is 3.00. The SMILES string of the molecule is C#Cc1ccc(C(=O)NCCN(CCNC(=O)c2ccc(C#C)cc2)CCNC(=O)c2ccc(C#C)cc2)cc1. The number of amides is 3. The lowest BCUT2D eigenvalue weighted by atomic mass is 10.1. The molecule has 0 aromatic heterocycles. The van der Waals surface area contributed by atoms with E-state index in [0.29, 0.717) is 72.6 Å². The van der Waals surface area contributed by atoms with Crippen molar-refractivity contribution >= 4 is 17.7 Å². The molecule has 0 unspecified atom stereocenters. The Morgan fingerprint density at radius 2 is 0.750 bits per heavy atom. The normalized spacial score (nSPS) is 10.1. The molecule has 0 heterocycles. The highest BCUT2D eigenvalue weighted by Gasteiger charge is 2.11. The van der Waals surface area contributed by atoms with E-state index < -0.39 is 0 Å². The van der Waals surface area contributed by atoms with Gasteiger partial charge in [0.2, 0.25) is 0 Å². The molecule has 0 saturated carbocycles. The minimum Gasteiger partial charge on any atom is -0.351 e. The van der Waals surface area contributed by atoms with Crippen molar-refractivity contribution in [3.05, 3.63) is 106 Å². The fourth-order valence-corrected chi connectivity index (χ4v) is 3.78. The maximum absolute atomic E-state index is 12.5. The Kier molecular flexibility index (Phi) is 11.1. The Bertz CT molecular complexity index is 1260. The zero-order valence-electron chi connectivity index (χ0n) is 22.1. The van der Waals surface area contributed by atoms with Crippen LogP contribution in [0.3, 0.4) is 0 Å². The van der Waals surface area contributed by atoms with E-state index in [4.69, 9.17) is 19.3 Å². The van der Waals surface area contributed by atoms with Gasteiger partial charge in [0.15, 0.2) is 0 Å². The number of carbonyl (C=O) groups is 3. The van der Waals surface area contributed by atoms with Crippen molar-refractivity contribution in [2.45, 2.75) is 0 Å². The quantitative estimate of drug-likeness (QED) is 0.314. The number of hydrogen-bond donors (Lipinski definition) is 3. The Balaban J connectivity index is 1.53. The third kappa shape index (κ3) is 8.92. The molecular weight excluding hydrogens is 500 g/mol. The highest BCUT2D eigenvalue weighted by Crippen LogP contribution is 2.05. The van der Waals surface area contributed by atoms with E-state index in [1.54, 1.807) is 72.8 Å². The summed E-state index contributed by atoms with van der Waals surface area (Å²) in [5.41, 5.74) is 3.63. The second-order valence-corrected chi connectivity index (χ2v) is 8.77. The number of benzene rings is 3. The zero-order valence-corrected chi connectivity index (χ0v) is 22.1. The number of terminal acetylenes is 3. The van der Waals surface area contributed by atoms with Crippen LogP contribution in [0.15, 0.2) is 72.8 Å². The predicted molar refractivity (Wildman–Crippen MR) is 157 cm³/mol. The monoisotopic (exact) mass is 530 g/mol. The van der Waals surface area contributed by atoms with Crippen molar-refractivity contribution < 1.29 is 14.4 Å². The van der Waals surface area contributed by atoms with Crippen molar-refractivity contribution in [3.63, 3.8) is 0 Å². The molecule has 3 amide bonds. The Hall–Kier alpha value is -5.29.